The molecule has 0 spiro atoms. The van der Waals surface area contributed by atoms with Crippen LogP contribution >= 0.6 is 0 Å². The fourth-order valence-electron chi connectivity index (χ4n) is 3.20. The lowest BCUT2D eigenvalue weighted by molar-refractivity contribution is -0.203. The highest BCUT2D eigenvalue weighted by molar-refractivity contribution is 6.74. The average Bonchev–Trinajstić information content (AvgIpc) is 2.97. The molecule has 1 aliphatic heterocycles. The van der Waals surface area contributed by atoms with Crippen LogP contribution in [-0.2, 0) is 15.4 Å². The molecule has 1 aliphatic rings. The molecule has 0 radical (unpaired) electrons. The minimum Gasteiger partial charge on any atom is -0.404 e. The van der Waals surface area contributed by atoms with Crippen molar-refractivity contribution in [3.8, 4) is 6.07 Å². The number of carbonyl (C=O) groups excluding carboxylic acids is 1. The van der Waals surface area contributed by atoms with Gasteiger partial charge in [-0.15, -0.1) is 0 Å². The Labute approximate surface area is 177 Å². The molecule has 0 N–H and O–H groups in total. The Bertz CT molecular complexity index is 884. The number of nitrogens with zero attached hydrogens (tertiary/aromatic N) is 2. The molecule has 2 atom stereocenters. The number of nitriles is 1. The summed E-state index contributed by atoms with van der Waals surface area (Å²) in [4.78, 5) is 13.2. The van der Waals surface area contributed by atoms with E-state index in [4.69, 9.17) is 9.69 Å². The first-order valence-corrected chi connectivity index (χ1v) is 12.5. The number of benzene rings is 1. The van der Waals surface area contributed by atoms with Crippen molar-refractivity contribution < 1.29 is 35.6 Å². The first-order valence-electron chi connectivity index (χ1n) is 9.58. The number of anilines is 1. The zero-order valence-corrected chi connectivity index (χ0v) is 18.8. The van der Waals surface area contributed by atoms with Gasteiger partial charge in [-0.25, -0.2) is 0 Å². The van der Waals surface area contributed by atoms with Crippen LogP contribution in [0.3, 0.4) is 0 Å². The van der Waals surface area contributed by atoms with E-state index >= 15 is 0 Å². The number of carbonyl (C=O) groups is 1. The highest BCUT2D eigenvalue weighted by Crippen LogP contribution is 2.44. The number of halogens is 6. The largest absolute Gasteiger partial charge is 0.417 e. The third kappa shape index (κ3) is 5.23. The molecule has 4 nitrogen and oxygen atoms in total. The van der Waals surface area contributed by atoms with E-state index in [0.717, 1.165) is 17.0 Å². The monoisotopic (exact) mass is 466 g/mol. The van der Waals surface area contributed by atoms with Crippen LogP contribution in [0.15, 0.2) is 18.2 Å². The summed E-state index contributed by atoms with van der Waals surface area (Å²) in [5.74, 6) is -0.726. The summed E-state index contributed by atoms with van der Waals surface area (Å²) in [5, 5.41) is 8.39. The Morgan fingerprint density at radius 2 is 1.74 bits per heavy atom. The average molecular weight is 466 g/mol. The fourth-order valence-corrected chi connectivity index (χ4v) is 4.48. The molecule has 0 aromatic heterocycles. The van der Waals surface area contributed by atoms with Gasteiger partial charge in [-0.05, 0) is 42.8 Å². The number of rotatable bonds is 4. The molecule has 11 heteroatoms. The van der Waals surface area contributed by atoms with Crippen LogP contribution in [0.25, 0.3) is 0 Å². The van der Waals surface area contributed by atoms with Gasteiger partial charge in [0, 0.05) is 12.1 Å². The van der Waals surface area contributed by atoms with Gasteiger partial charge in [0.25, 0.3) is 0 Å². The minimum absolute atomic E-state index is 0.209. The maximum atomic E-state index is 14.0. The number of hydrogen-bond acceptors (Lipinski definition) is 3. The van der Waals surface area contributed by atoms with E-state index in [-0.39, 0.29) is 18.5 Å². The normalized spacial score (nSPS) is 19.5. The number of alkyl halides is 6. The third-order valence-corrected chi connectivity index (χ3v) is 10.3. The Morgan fingerprint density at radius 3 is 2.19 bits per heavy atom. The highest BCUT2D eigenvalue weighted by atomic mass is 28.4. The molecule has 1 saturated heterocycles. The molecule has 1 amide bonds. The summed E-state index contributed by atoms with van der Waals surface area (Å²) in [6.07, 6.45) is -12.5. The summed E-state index contributed by atoms with van der Waals surface area (Å²) in [5.41, 5.74) is -2.32. The summed E-state index contributed by atoms with van der Waals surface area (Å²) in [7, 11) is -2.93. The van der Waals surface area contributed by atoms with Gasteiger partial charge in [-0.2, -0.15) is 31.6 Å². The first-order chi connectivity index (χ1) is 13.9. The van der Waals surface area contributed by atoms with Gasteiger partial charge >= 0.3 is 12.4 Å². The molecule has 1 fully saturated rings. The van der Waals surface area contributed by atoms with Crippen LogP contribution in [0.5, 0.6) is 0 Å². The van der Waals surface area contributed by atoms with Crippen molar-refractivity contribution in [1.29, 1.82) is 5.26 Å². The van der Waals surface area contributed by atoms with Crippen molar-refractivity contribution >= 4 is 19.9 Å². The topological polar surface area (TPSA) is 53.3 Å². The van der Waals surface area contributed by atoms with Gasteiger partial charge in [0.05, 0.1) is 23.2 Å². The maximum absolute atomic E-state index is 14.0. The Hall–Kier alpha value is -2.06. The lowest BCUT2D eigenvalue weighted by Gasteiger charge is -2.42. The smallest absolute Gasteiger partial charge is 0.404 e. The summed E-state index contributed by atoms with van der Waals surface area (Å²) < 4.78 is 87.8. The fraction of sp³-hybridized carbons (Fsp3) is 0.600. The van der Waals surface area contributed by atoms with Crippen molar-refractivity contribution in [2.75, 3.05) is 4.90 Å². The van der Waals surface area contributed by atoms with Gasteiger partial charge in [0.2, 0.25) is 5.91 Å². The quantitative estimate of drug-likeness (QED) is 0.403. The van der Waals surface area contributed by atoms with Crippen LogP contribution in [-0.4, -0.2) is 32.5 Å². The standard InChI is InChI=1S/C20H24F6N2O2Si/c1-18(2,3)31(4,5)30-17(20(24,25)26)15-8-9-16(29)28(15)13-7-6-12(11-27)14(10-13)19(21,22)23/h6-7,10,15,17H,8-9H2,1-5H3/t15-,17?/m1/s1. The van der Waals surface area contributed by atoms with Crippen LogP contribution < -0.4 is 4.90 Å². The van der Waals surface area contributed by atoms with E-state index in [1.807, 2.05) is 0 Å². The molecule has 0 aliphatic carbocycles. The van der Waals surface area contributed by atoms with Crippen LogP contribution in [0.2, 0.25) is 18.1 Å². The van der Waals surface area contributed by atoms with E-state index in [9.17, 15) is 31.1 Å². The van der Waals surface area contributed by atoms with E-state index in [2.05, 4.69) is 0 Å². The second-order valence-electron chi connectivity index (χ2n) is 9.05. The predicted molar refractivity (Wildman–Crippen MR) is 105 cm³/mol. The molecular formula is C20H24F6N2O2Si. The zero-order chi connectivity index (χ0) is 24.0. The van der Waals surface area contributed by atoms with Crippen molar-refractivity contribution in [1.82, 2.24) is 0 Å². The molecule has 172 valence electrons. The van der Waals surface area contributed by atoms with Crippen LogP contribution in [0.1, 0.15) is 44.7 Å². The summed E-state index contributed by atoms with van der Waals surface area (Å²) in [6.45, 7) is 8.56. The van der Waals surface area contributed by atoms with Gasteiger partial charge in [0.1, 0.15) is 0 Å². The first kappa shape index (κ1) is 25.2. The highest BCUT2D eigenvalue weighted by Gasteiger charge is 2.55. The van der Waals surface area contributed by atoms with E-state index in [1.165, 1.54) is 6.07 Å². The van der Waals surface area contributed by atoms with Crippen molar-refractivity contribution in [3.63, 3.8) is 0 Å². The van der Waals surface area contributed by atoms with Gasteiger partial charge in [-0.1, -0.05) is 20.8 Å². The Morgan fingerprint density at radius 1 is 1.16 bits per heavy atom. The van der Waals surface area contributed by atoms with Crippen molar-refractivity contribution in [2.45, 2.75) is 76.2 Å². The summed E-state index contributed by atoms with van der Waals surface area (Å²) >= 11 is 0. The lowest BCUT2D eigenvalue weighted by Crippen LogP contribution is -2.56. The molecule has 1 aromatic carbocycles. The second kappa shape index (κ2) is 8.13. The second-order valence-corrected chi connectivity index (χ2v) is 13.8. The molecule has 2 rings (SSSR count). The van der Waals surface area contributed by atoms with E-state index in [1.54, 1.807) is 33.9 Å². The lowest BCUT2D eigenvalue weighted by atomic mass is 10.0. The predicted octanol–water partition coefficient (Wildman–Crippen LogP) is 6.03. The molecule has 0 bridgehead atoms. The third-order valence-electron chi connectivity index (χ3n) is 5.86. The van der Waals surface area contributed by atoms with Crippen molar-refractivity contribution in [3.05, 3.63) is 29.3 Å². The molecule has 1 aromatic rings. The molecule has 0 saturated carbocycles. The van der Waals surface area contributed by atoms with Gasteiger partial charge in [-0.3, -0.25) is 4.79 Å². The van der Waals surface area contributed by atoms with Gasteiger partial charge in [0.15, 0.2) is 14.4 Å². The molecule has 31 heavy (non-hydrogen) atoms. The van der Waals surface area contributed by atoms with Crippen LogP contribution in [0.4, 0.5) is 32.0 Å². The molecular weight excluding hydrogens is 442 g/mol. The summed E-state index contributed by atoms with van der Waals surface area (Å²) in [6, 6.07) is 2.38. The Balaban J connectivity index is 2.56. The zero-order valence-electron chi connectivity index (χ0n) is 17.8. The molecule has 1 heterocycles. The number of hydrogen-bond donors (Lipinski definition) is 0. The van der Waals surface area contributed by atoms with Crippen LogP contribution in [0, 0.1) is 11.3 Å². The minimum atomic E-state index is -4.90. The maximum Gasteiger partial charge on any atom is 0.417 e. The van der Waals surface area contributed by atoms with E-state index < -0.39 is 54.9 Å². The van der Waals surface area contributed by atoms with Crippen molar-refractivity contribution in [2.24, 2.45) is 0 Å². The van der Waals surface area contributed by atoms with Gasteiger partial charge < -0.3 is 9.33 Å². The number of amides is 1. The molecule has 1 unspecified atom stereocenters. The van der Waals surface area contributed by atoms with E-state index in [0.29, 0.717) is 6.07 Å². The SMILES string of the molecule is CC(C)(C)[Si](C)(C)OC([C@H]1CCC(=O)N1c1ccc(C#N)c(C(F)(F)F)c1)C(F)(F)F. The Kier molecular flexibility index (Phi) is 6.61.